The van der Waals surface area contributed by atoms with Gasteiger partial charge in [-0.25, -0.2) is 0 Å². The molecular formula is C2H6NP. The summed E-state index contributed by atoms with van der Waals surface area (Å²) >= 11 is 0. The largest absolute Gasteiger partial charge is 0.281 e. The third-order valence-electron chi connectivity index (χ3n) is 0.129. The smallest absolute Gasteiger partial charge is 0.0752 e. The van der Waals surface area contributed by atoms with E-state index >= 15 is 0 Å². The Bertz CT molecular complexity index is 36.6. The van der Waals surface area contributed by atoms with Crippen LogP contribution in [0.15, 0.2) is 4.76 Å². The maximum atomic E-state index is 6.32. The Morgan fingerprint density at radius 2 is 3.25 bits per heavy atom. The fourth-order valence-electron chi connectivity index (χ4n) is 0. The van der Waals surface area contributed by atoms with Gasteiger partial charge in [-0.2, -0.15) is 0 Å². The van der Waals surface area contributed by atoms with Crippen molar-refractivity contribution in [3.63, 3.8) is 0 Å². The summed E-state index contributed by atoms with van der Waals surface area (Å²) in [4.78, 5) is 0. The Morgan fingerprint density at radius 1 is 2.50 bits per heavy atom. The van der Waals surface area contributed by atoms with Gasteiger partial charge in [0.05, 0.1) is 1.37 Å². The first kappa shape index (κ1) is 2.34. The van der Waals surface area contributed by atoms with Crippen LogP contribution >= 0.6 is 8.73 Å². The molecular weight excluding hydrogens is 69.0 g/mol. The van der Waals surface area contributed by atoms with E-state index in [-0.39, 0.29) is 0 Å². The maximum absolute atomic E-state index is 6.32. The van der Waals surface area contributed by atoms with Crippen LogP contribution in [0.2, 0.25) is 0 Å². The van der Waals surface area contributed by atoms with Crippen molar-refractivity contribution in [1.29, 1.82) is 0 Å². The van der Waals surface area contributed by atoms with Crippen LogP contribution in [0.25, 0.3) is 0 Å². The predicted molar refractivity (Wildman–Crippen MR) is 23.8 cm³/mol. The molecule has 1 nitrogen and oxygen atoms in total. The molecule has 0 N–H and O–H groups in total. The fraction of sp³-hybridized carbons (Fsp3) is 0.500. The van der Waals surface area contributed by atoms with Gasteiger partial charge in [0.1, 0.15) is 0 Å². The van der Waals surface area contributed by atoms with Crippen molar-refractivity contribution in [1.82, 2.24) is 0 Å². The average Bonchev–Trinajstić information content (AvgIpc) is 1.41. The molecule has 0 spiro atoms. The van der Waals surface area contributed by atoms with Crippen LogP contribution in [0.4, 0.5) is 0 Å². The van der Waals surface area contributed by atoms with Crippen LogP contribution in [0.1, 0.15) is 1.37 Å². The molecule has 0 saturated heterocycles. The Kier molecular flexibility index (Phi) is 1.82. The van der Waals surface area contributed by atoms with E-state index in [1.807, 2.05) is 6.66 Å². The van der Waals surface area contributed by atoms with Gasteiger partial charge >= 0.3 is 0 Å². The molecule has 24 valence electrons. The summed E-state index contributed by atoms with van der Waals surface area (Å²) in [6.07, 6.45) is 0. The molecule has 0 saturated carbocycles. The number of nitrogens with zero attached hydrogens (tertiary/aromatic N) is 1. The van der Waals surface area contributed by atoms with E-state index in [1.165, 1.54) is 0 Å². The van der Waals surface area contributed by atoms with E-state index in [1.54, 1.807) is 0 Å². The number of rotatable bonds is 1. The summed E-state index contributed by atoms with van der Waals surface area (Å²) in [7, 11) is 0.540. The second-order valence-electron chi connectivity index (χ2n) is 0.353. The van der Waals surface area contributed by atoms with Crippen LogP contribution in [0.3, 0.4) is 0 Å². The first-order valence-electron chi connectivity index (χ1n) is 1.56. The van der Waals surface area contributed by atoms with Crippen molar-refractivity contribution in [2.75, 3.05) is 6.66 Å². The zero-order valence-corrected chi connectivity index (χ0v) is 3.52. The van der Waals surface area contributed by atoms with Gasteiger partial charge in [0.25, 0.3) is 0 Å². The molecule has 0 amide bonds. The van der Waals surface area contributed by atoms with Gasteiger partial charge in [-0.15, -0.1) is 0 Å². The predicted octanol–water partition coefficient (Wildman–Crippen LogP) is 0.910. The summed E-state index contributed by atoms with van der Waals surface area (Å²) in [5.74, 6) is 0. The van der Waals surface area contributed by atoms with E-state index in [4.69, 9.17) is 1.37 Å². The summed E-state index contributed by atoms with van der Waals surface area (Å²) in [6, 6.07) is 0. The first-order valence-corrected chi connectivity index (χ1v) is 2.43. The second kappa shape index (κ2) is 3.10. The Labute approximate surface area is 29.4 Å². The van der Waals surface area contributed by atoms with Crippen molar-refractivity contribution >= 4 is 15.4 Å². The van der Waals surface area contributed by atoms with Crippen molar-refractivity contribution in [2.24, 2.45) is 4.76 Å². The van der Waals surface area contributed by atoms with Crippen LogP contribution in [0, 0.1) is 0 Å². The van der Waals surface area contributed by atoms with Crippen LogP contribution in [0.5, 0.6) is 0 Å². The molecule has 0 aromatic carbocycles. The normalized spacial score (nSPS) is 15.8. The Morgan fingerprint density at radius 3 is 3.25 bits per heavy atom. The lowest BCUT2D eigenvalue weighted by Crippen LogP contribution is -1.23. The molecule has 4 heavy (non-hydrogen) atoms. The second-order valence-corrected chi connectivity index (χ2v) is 1.06. The third-order valence-corrected chi connectivity index (χ3v) is 0.387. The highest BCUT2D eigenvalue weighted by Crippen LogP contribution is 1.97. The molecule has 0 aromatic rings. The molecule has 0 rings (SSSR count). The fourth-order valence-corrected chi connectivity index (χ4v) is 0. The van der Waals surface area contributed by atoms with Crippen molar-refractivity contribution in [3.05, 3.63) is 0 Å². The van der Waals surface area contributed by atoms with E-state index in [0.29, 0.717) is 8.73 Å². The first-order chi connectivity index (χ1) is 2.41. The third kappa shape index (κ3) is 2.10. The minimum Gasteiger partial charge on any atom is -0.281 e. The zero-order valence-electron chi connectivity index (χ0n) is 3.52. The molecule has 1 atom stereocenters. The lowest BCUT2D eigenvalue weighted by Gasteiger charge is -1.61. The lowest BCUT2D eigenvalue weighted by atomic mass is 11.8. The van der Waals surface area contributed by atoms with Crippen molar-refractivity contribution in [2.45, 2.75) is 0 Å². The highest BCUT2D eigenvalue weighted by Gasteiger charge is 1.42. The quantitative estimate of drug-likeness (QED) is 0.326. The van der Waals surface area contributed by atoms with E-state index in [2.05, 4.69) is 4.76 Å². The van der Waals surface area contributed by atoms with Gasteiger partial charge in [0.15, 0.2) is 0 Å². The SMILES string of the molecule is [3H]/C=N/PC. The lowest BCUT2D eigenvalue weighted by molar-refractivity contribution is 1.99. The van der Waals surface area contributed by atoms with Gasteiger partial charge < -0.3 is 0 Å². The molecule has 1 unspecified atom stereocenters. The van der Waals surface area contributed by atoms with Gasteiger partial charge in [-0.1, -0.05) is 0 Å². The minimum atomic E-state index is 0.540. The summed E-state index contributed by atoms with van der Waals surface area (Å²) < 4.78 is 9.86. The van der Waals surface area contributed by atoms with E-state index in [0.717, 1.165) is 6.69 Å². The van der Waals surface area contributed by atoms with Gasteiger partial charge in [-0.05, 0) is 22.1 Å². The number of hydrogen-bond donors (Lipinski definition) is 0. The zero-order chi connectivity index (χ0) is 4.12. The minimum absolute atomic E-state index is 0.540. The van der Waals surface area contributed by atoms with Gasteiger partial charge in [0, 0.05) is 0 Å². The number of hydrogen-bond acceptors (Lipinski definition) is 1. The topological polar surface area (TPSA) is 12.4 Å². The van der Waals surface area contributed by atoms with Crippen molar-refractivity contribution < 1.29 is 1.37 Å². The molecule has 0 radical (unpaired) electrons. The van der Waals surface area contributed by atoms with E-state index in [9.17, 15) is 0 Å². The molecule has 0 aliphatic rings. The van der Waals surface area contributed by atoms with Gasteiger partial charge in [0.2, 0.25) is 0 Å². The highest BCUT2D eigenvalue weighted by molar-refractivity contribution is 7.35. The summed E-state index contributed by atoms with van der Waals surface area (Å²) in [5, 5.41) is 0. The molecule has 0 heterocycles. The highest BCUT2D eigenvalue weighted by atomic mass is 31.1. The Balaban J connectivity index is 2.62. The molecule has 0 fully saturated rings. The van der Waals surface area contributed by atoms with Crippen LogP contribution < -0.4 is 0 Å². The molecule has 0 bridgehead atoms. The average molecular weight is 77.1 g/mol. The molecule has 0 aliphatic heterocycles. The molecule has 2 heteroatoms. The van der Waals surface area contributed by atoms with E-state index < -0.39 is 0 Å². The van der Waals surface area contributed by atoms with Crippen molar-refractivity contribution in [3.8, 4) is 0 Å². The monoisotopic (exact) mass is 77.0 g/mol. The maximum Gasteiger partial charge on any atom is 0.0752 e. The van der Waals surface area contributed by atoms with Crippen LogP contribution in [-0.2, 0) is 0 Å². The van der Waals surface area contributed by atoms with Gasteiger partial charge in [-0.3, -0.25) is 4.76 Å². The molecule has 0 aromatic heterocycles. The Hall–Kier alpha value is 0.100. The summed E-state index contributed by atoms with van der Waals surface area (Å²) in [6.45, 7) is 2.99. The standard InChI is InChI=1S/C2H6NP/c1-3-4-2/h4H,1H2,2H3/i1T/b3-1+. The van der Waals surface area contributed by atoms with Crippen LogP contribution in [-0.4, -0.2) is 13.4 Å². The summed E-state index contributed by atoms with van der Waals surface area (Å²) in [5.41, 5.74) is 0. The molecule has 0 aliphatic carbocycles.